The Morgan fingerprint density at radius 2 is 1.81 bits per heavy atom. The normalized spacial score (nSPS) is 11.0. The average Bonchev–Trinajstić information content (AvgIpc) is 3.27. The van der Waals surface area contributed by atoms with Crippen LogP contribution in [0.25, 0.3) is 17.1 Å². The van der Waals surface area contributed by atoms with Crippen molar-refractivity contribution in [3.05, 3.63) is 75.7 Å². The Labute approximate surface area is 164 Å². The van der Waals surface area contributed by atoms with E-state index in [1.54, 1.807) is 23.1 Å². The lowest BCUT2D eigenvalue weighted by Crippen LogP contribution is -1.99. The quantitative estimate of drug-likeness (QED) is 0.408. The van der Waals surface area contributed by atoms with Crippen molar-refractivity contribution in [2.75, 3.05) is 0 Å². The van der Waals surface area contributed by atoms with E-state index in [2.05, 4.69) is 37.3 Å². The van der Waals surface area contributed by atoms with Crippen molar-refractivity contribution in [1.29, 1.82) is 0 Å². The fraction of sp³-hybridized carbons (Fsp3) is 0.105. The third-order valence-electron chi connectivity index (χ3n) is 3.77. The van der Waals surface area contributed by atoms with Gasteiger partial charge in [0.1, 0.15) is 0 Å². The maximum atomic E-state index is 6.03. The van der Waals surface area contributed by atoms with Crippen LogP contribution in [0.5, 0.6) is 0 Å². The van der Waals surface area contributed by atoms with E-state index in [0.717, 1.165) is 38.7 Å². The molecular weight excluding hydrogens is 384 g/mol. The van der Waals surface area contributed by atoms with Crippen molar-refractivity contribution in [2.45, 2.75) is 17.8 Å². The molecule has 0 amide bonds. The fourth-order valence-corrected chi connectivity index (χ4v) is 4.26. The van der Waals surface area contributed by atoms with Gasteiger partial charge in [0.15, 0.2) is 11.0 Å². The second-order valence-corrected chi connectivity index (χ2v) is 8.07. The van der Waals surface area contributed by atoms with E-state index in [4.69, 9.17) is 11.6 Å². The van der Waals surface area contributed by atoms with Crippen LogP contribution in [0.3, 0.4) is 0 Å². The van der Waals surface area contributed by atoms with Crippen LogP contribution in [0.15, 0.2) is 65.1 Å². The van der Waals surface area contributed by atoms with Crippen LogP contribution in [0, 0.1) is 6.92 Å². The van der Waals surface area contributed by atoms with Crippen LogP contribution in [-0.2, 0) is 5.75 Å². The number of halogens is 1. The minimum absolute atomic E-state index is 0.702. The molecule has 0 saturated carbocycles. The van der Waals surface area contributed by atoms with Crippen molar-refractivity contribution in [3.63, 3.8) is 0 Å². The van der Waals surface area contributed by atoms with Gasteiger partial charge in [0.05, 0.1) is 10.7 Å². The summed E-state index contributed by atoms with van der Waals surface area (Å²) in [5.74, 6) is 1.56. The summed E-state index contributed by atoms with van der Waals surface area (Å²) in [6, 6.07) is 17.8. The number of para-hydroxylation sites is 1. The largest absolute Gasteiger partial charge is 0.270 e. The monoisotopic (exact) mass is 398 g/mol. The fourth-order valence-electron chi connectivity index (χ4n) is 2.57. The molecule has 0 aliphatic heterocycles. The lowest BCUT2D eigenvalue weighted by Gasteiger charge is -2.10. The highest BCUT2D eigenvalue weighted by Gasteiger charge is 2.16. The van der Waals surface area contributed by atoms with Crippen LogP contribution in [0.2, 0.25) is 5.02 Å². The van der Waals surface area contributed by atoms with Crippen LogP contribution >= 0.6 is 34.7 Å². The molecule has 0 spiro atoms. The summed E-state index contributed by atoms with van der Waals surface area (Å²) < 4.78 is 2.08. The molecule has 0 unspecified atom stereocenters. The zero-order valence-electron chi connectivity index (χ0n) is 14.0. The number of nitrogens with zero attached hydrogens (tertiary/aromatic N) is 4. The molecule has 0 fully saturated rings. The highest BCUT2D eigenvalue weighted by Crippen LogP contribution is 2.30. The third-order valence-corrected chi connectivity index (χ3v) is 5.80. The molecule has 0 N–H and O–H groups in total. The van der Waals surface area contributed by atoms with Crippen LogP contribution < -0.4 is 0 Å². The van der Waals surface area contributed by atoms with E-state index >= 15 is 0 Å². The van der Waals surface area contributed by atoms with Gasteiger partial charge >= 0.3 is 0 Å². The zero-order valence-corrected chi connectivity index (χ0v) is 16.4. The van der Waals surface area contributed by atoms with E-state index in [1.165, 1.54) is 0 Å². The summed E-state index contributed by atoms with van der Waals surface area (Å²) in [6.45, 7) is 2.02. The molecule has 4 nitrogen and oxygen atoms in total. The van der Waals surface area contributed by atoms with Crippen LogP contribution in [0.1, 0.15) is 10.7 Å². The highest BCUT2D eigenvalue weighted by atomic mass is 35.5. The first-order chi connectivity index (χ1) is 12.7. The summed E-state index contributed by atoms with van der Waals surface area (Å²) in [6.07, 6.45) is 0. The molecule has 4 aromatic rings. The number of hydrogen-bond donors (Lipinski definition) is 0. The molecule has 2 aromatic carbocycles. The van der Waals surface area contributed by atoms with Gasteiger partial charge in [-0.2, -0.15) is 0 Å². The minimum atomic E-state index is 0.702. The van der Waals surface area contributed by atoms with Gasteiger partial charge in [0.25, 0.3) is 0 Å². The predicted molar refractivity (Wildman–Crippen MR) is 108 cm³/mol. The Hall–Kier alpha value is -2.15. The molecule has 2 aromatic heterocycles. The van der Waals surface area contributed by atoms with E-state index in [0.29, 0.717) is 5.02 Å². The standard InChI is InChI=1S/C19H15ClN4S2/c1-13-21-16(11-25-13)12-26-19-23-22-18(14-7-9-15(20)10-8-14)24(19)17-5-3-2-4-6-17/h2-11H,12H2,1H3. The average molecular weight is 399 g/mol. The second kappa shape index (κ2) is 7.61. The minimum Gasteiger partial charge on any atom is -0.270 e. The lowest BCUT2D eigenvalue weighted by atomic mass is 10.2. The Bertz CT molecular complexity index is 1010. The summed E-state index contributed by atoms with van der Waals surface area (Å²) in [5.41, 5.74) is 3.06. The topological polar surface area (TPSA) is 43.6 Å². The first kappa shape index (κ1) is 17.3. The number of thioether (sulfide) groups is 1. The zero-order chi connectivity index (χ0) is 17.9. The summed E-state index contributed by atoms with van der Waals surface area (Å²) >= 11 is 9.33. The van der Waals surface area contributed by atoms with E-state index in [9.17, 15) is 0 Å². The Balaban J connectivity index is 1.73. The van der Waals surface area contributed by atoms with Crippen molar-refractivity contribution in [3.8, 4) is 17.1 Å². The summed E-state index contributed by atoms with van der Waals surface area (Å²) in [5, 5.41) is 13.6. The van der Waals surface area contributed by atoms with Gasteiger partial charge in [0, 0.05) is 27.4 Å². The van der Waals surface area contributed by atoms with Crippen LogP contribution in [-0.4, -0.2) is 19.7 Å². The number of thiazole rings is 1. The van der Waals surface area contributed by atoms with Gasteiger partial charge in [-0.25, -0.2) is 4.98 Å². The van der Waals surface area contributed by atoms with Gasteiger partial charge in [-0.05, 0) is 43.3 Å². The molecule has 0 bridgehead atoms. The molecule has 0 aliphatic rings. The SMILES string of the molecule is Cc1nc(CSc2nnc(-c3ccc(Cl)cc3)n2-c2ccccc2)cs1. The van der Waals surface area contributed by atoms with E-state index in [-0.39, 0.29) is 0 Å². The number of hydrogen-bond acceptors (Lipinski definition) is 5. The first-order valence-electron chi connectivity index (χ1n) is 8.01. The van der Waals surface area contributed by atoms with E-state index in [1.807, 2.05) is 49.4 Å². The first-order valence-corrected chi connectivity index (χ1v) is 10.3. The molecule has 0 aliphatic carbocycles. The van der Waals surface area contributed by atoms with Gasteiger partial charge in [-0.15, -0.1) is 21.5 Å². The molecule has 7 heteroatoms. The van der Waals surface area contributed by atoms with Gasteiger partial charge in [0.2, 0.25) is 0 Å². The van der Waals surface area contributed by atoms with Gasteiger partial charge < -0.3 is 0 Å². The number of rotatable bonds is 5. The van der Waals surface area contributed by atoms with Crippen molar-refractivity contribution >= 4 is 34.7 Å². The highest BCUT2D eigenvalue weighted by molar-refractivity contribution is 7.98. The predicted octanol–water partition coefficient (Wildman–Crippen LogP) is 5.64. The van der Waals surface area contributed by atoms with Crippen molar-refractivity contribution in [1.82, 2.24) is 19.7 Å². The Morgan fingerprint density at radius 1 is 1.04 bits per heavy atom. The van der Waals surface area contributed by atoms with Crippen molar-refractivity contribution < 1.29 is 0 Å². The second-order valence-electron chi connectivity index (χ2n) is 5.63. The molecule has 0 radical (unpaired) electrons. The number of aromatic nitrogens is 4. The Morgan fingerprint density at radius 3 is 2.50 bits per heavy atom. The van der Waals surface area contributed by atoms with E-state index < -0.39 is 0 Å². The Kier molecular flexibility index (Phi) is 5.06. The summed E-state index contributed by atoms with van der Waals surface area (Å²) in [7, 11) is 0. The van der Waals surface area contributed by atoms with Crippen LogP contribution in [0.4, 0.5) is 0 Å². The molecule has 2 heterocycles. The van der Waals surface area contributed by atoms with Gasteiger partial charge in [-0.3, -0.25) is 4.57 Å². The summed E-state index contributed by atoms with van der Waals surface area (Å²) in [4.78, 5) is 4.53. The van der Waals surface area contributed by atoms with Gasteiger partial charge in [-0.1, -0.05) is 41.6 Å². The molecular formula is C19H15ClN4S2. The smallest absolute Gasteiger partial charge is 0.196 e. The number of benzene rings is 2. The molecule has 26 heavy (non-hydrogen) atoms. The molecule has 130 valence electrons. The maximum absolute atomic E-state index is 6.03. The van der Waals surface area contributed by atoms with Crippen molar-refractivity contribution in [2.24, 2.45) is 0 Å². The molecule has 4 rings (SSSR count). The lowest BCUT2D eigenvalue weighted by molar-refractivity contribution is 0.885. The molecule has 0 saturated heterocycles. The maximum Gasteiger partial charge on any atom is 0.196 e. The number of aryl methyl sites for hydroxylation is 1. The molecule has 0 atom stereocenters. The third kappa shape index (κ3) is 3.67.